The molecule has 11 heavy (non-hydrogen) atoms. The molecule has 2 N–H and O–H groups in total. The van der Waals surface area contributed by atoms with E-state index in [1.165, 1.54) is 6.07 Å². The van der Waals surface area contributed by atoms with Gasteiger partial charge in [0.25, 0.3) is 0 Å². The molecule has 0 unspecified atom stereocenters. The third-order valence-electron chi connectivity index (χ3n) is 1.43. The van der Waals surface area contributed by atoms with E-state index in [9.17, 15) is 8.78 Å². The summed E-state index contributed by atoms with van der Waals surface area (Å²) in [4.78, 5) is 0. The van der Waals surface area contributed by atoms with Gasteiger partial charge in [0.15, 0.2) is 5.82 Å². The molecule has 60 valence electrons. The van der Waals surface area contributed by atoms with Crippen LogP contribution in [0.3, 0.4) is 0 Å². The van der Waals surface area contributed by atoms with Crippen LogP contribution < -0.4 is 5.73 Å². The van der Waals surface area contributed by atoms with Gasteiger partial charge in [0.05, 0.1) is 0 Å². The zero-order valence-corrected chi connectivity index (χ0v) is 7.95. The smallest absolute Gasteiger partial charge is 0.153 e. The number of hydrogen-bond donors (Lipinski definition) is 1. The van der Waals surface area contributed by atoms with Crippen molar-refractivity contribution in [3.63, 3.8) is 0 Å². The van der Waals surface area contributed by atoms with Gasteiger partial charge in [-0.15, -0.1) is 0 Å². The molecule has 4 heteroatoms. The Kier molecular flexibility index (Phi) is 2.31. The maximum atomic E-state index is 12.9. The fourth-order valence-corrected chi connectivity index (χ4v) is 1.22. The van der Waals surface area contributed by atoms with Gasteiger partial charge in [-0.2, -0.15) is 0 Å². The second kappa shape index (κ2) is 2.92. The van der Waals surface area contributed by atoms with Crippen molar-refractivity contribution in [2.45, 2.75) is 6.92 Å². The van der Waals surface area contributed by atoms with Crippen LogP contribution in [0.5, 0.6) is 0 Å². The van der Waals surface area contributed by atoms with Crippen LogP contribution in [-0.2, 0) is 0 Å². The Balaban J connectivity index is 3.46. The maximum absolute atomic E-state index is 12.9. The first-order valence-corrected chi connectivity index (χ1v) is 4.01. The van der Waals surface area contributed by atoms with Crippen LogP contribution in [0.4, 0.5) is 14.5 Å². The van der Waals surface area contributed by atoms with Crippen LogP contribution in [0, 0.1) is 22.1 Å². The van der Waals surface area contributed by atoms with Gasteiger partial charge in [0, 0.05) is 9.13 Å². The summed E-state index contributed by atoms with van der Waals surface area (Å²) in [6.07, 6.45) is 0. The molecule has 1 aromatic carbocycles. The van der Waals surface area contributed by atoms with Gasteiger partial charge in [-0.05, 0) is 35.6 Å². The van der Waals surface area contributed by atoms with Crippen LogP contribution in [0.25, 0.3) is 0 Å². The van der Waals surface area contributed by atoms with E-state index in [1.807, 2.05) is 22.6 Å². The Labute approximate surface area is 76.7 Å². The largest absolute Gasteiger partial charge is 0.394 e. The van der Waals surface area contributed by atoms with Crippen molar-refractivity contribution in [2.24, 2.45) is 0 Å². The number of nitrogens with two attached hydrogens (primary N) is 1. The predicted molar refractivity (Wildman–Crippen MR) is 48.2 cm³/mol. The monoisotopic (exact) mass is 269 g/mol. The van der Waals surface area contributed by atoms with Crippen LogP contribution in [0.2, 0.25) is 0 Å². The first-order chi connectivity index (χ1) is 5.04. The molecule has 0 amide bonds. The summed E-state index contributed by atoms with van der Waals surface area (Å²) in [5, 5.41) is 0. The van der Waals surface area contributed by atoms with Crippen molar-refractivity contribution in [2.75, 3.05) is 5.73 Å². The van der Waals surface area contributed by atoms with Gasteiger partial charge in [-0.25, -0.2) is 8.78 Å². The summed E-state index contributed by atoms with van der Waals surface area (Å²) in [6, 6.07) is 1.22. The number of nitrogen functional groups attached to an aromatic ring is 1. The summed E-state index contributed by atoms with van der Waals surface area (Å²) in [7, 11) is 0. The molecule has 1 nitrogen and oxygen atoms in total. The Morgan fingerprint density at radius 2 is 2.00 bits per heavy atom. The molecule has 0 heterocycles. The molecule has 0 saturated heterocycles. The molecule has 0 aliphatic heterocycles. The quantitative estimate of drug-likeness (QED) is 0.568. The molecule has 0 saturated carbocycles. The average molecular weight is 269 g/mol. The van der Waals surface area contributed by atoms with Crippen molar-refractivity contribution in [1.82, 2.24) is 0 Å². The van der Waals surface area contributed by atoms with Crippen LogP contribution in [0.1, 0.15) is 5.56 Å². The lowest BCUT2D eigenvalue weighted by molar-refractivity contribution is 0.584. The van der Waals surface area contributed by atoms with Crippen LogP contribution in [-0.4, -0.2) is 0 Å². The lowest BCUT2D eigenvalue weighted by atomic mass is 10.2. The van der Waals surface area contributed by atoms with Crippen LogP contribution in [0.15, 0.2) is 6.07 Å². The number of hydrogen-bond acceptors (Lipinski definition) is 1. The Morgan fingerprint density at radius 3 is 2.55 bits per heavy atom. The van der Waals surface area contributed by atoms with Gasteiger partial charge in [0.1, 0.15) is 11.5 Å². The highest BCUT2D eigenvalue weighted by molar-refractivity contribution is 14.1. The SMILES string of the molecule is Cc1c(I)cc(F)c(N)c1F. The highest BCUT2D eigenvalue weighted by Crippen LogP contribution is 2.23. The van der Waals surface area contributed by atoms with E-state index >= 15 is 0 Å². The van der Waals surface area contributed by atoms with E-state index in [4.69, 9.17) is 5.73 Å². The standard InChI is InChI=1S/C7H6F2IN/c1-3-5(10)2-4(8)7(11)6(3)9/h2H,11H2,1H3. The van der Waals surface area contributed by atoms with Gasteiger partial charge in [-0.1, -0.05) is 0 Å². The fraction of sp³-hybridized carbons (Fsp3) is 0.143. The third kappa shape index (κ3) is 1.45. The second-order valence-corrected chi connectivity index (χ2v) is 3.36. The van der Waals surface area contributed by atoms with E-state index in [2.05, 4.69) is 0 Å². The first-order valence-electron chi connectivity index (χ1n) is 2.93. The molecule has 1 rings (SSSR count). The minimum atomic E-state index is -0.697. The first kappa shape index (κ1) is 8.70. The number of benzene rings is 1. The second-order valence-electron chi connectivity index (χ2n) is 2.19. The summed E-state index contributed by atoms with van der Waals surface area (Å²) in [5.41, 5.74) is 5.09. The Hall–Kier alpha value is -0.390. The van der Waals surface area contributed by atoms with E-state index in [0.29, 0.717) is 9.13 Å². The summed E-state index contributed by atoms with van der Waals surface area (Å²) >= 11 is 1.86. The van der Waals surface area contributed by atoms with Gasteiger partial charge < -0.3 is 5.73 Å². The van der Waals surface area contributed by atoms with E-state index in [-0.39, 0.29) is 0 Å². The van der Waals surface area contributed by atoms with Gasteiger partial charge in [0.2, 0.25) is 0 Å². The molecule has 0 spiro atoms. The molecule has 0 aliphatic carbocycles. The number of rotatable bonds is 0. The Morgan fingerprint density at radius 1 is 1.45 bits per heavy atom. The summed E-state index contributed by atoms with van der Waals surface area (Å²) < 4.78 is 26.1. The molecular weight excluding hydrogens is 263 g/mol. The molecule has 0 fully saturated rings. The van der Waals surface area contributed by atoms with Gasteiger partial charge >= 0.3 is 0 Å². The Bertz CT molecular complexity index is 273. The predicted octanol–water partition coefficient (Wildman–Crippen LogP) is 2.46. The lowest BCUT2D eigenvalue weighted by Crippen LogP contribution is -1.99. The molecule has 0 atom stereocenters. The van der Waals surface area contributed by atoms with Gasteiger partial charge in [-0.3, -0.25) is 0 Å². The highest BCUT2D eigenvalue weighted by Gasteiger charge is 2.10. The van der Waals surface area contributed by atoms with Crippen molar-refractivity contribution in [1.29, 1.82) is 0 Å². The number of anilines is 1. The van der Waals surface area contributed by atoms with Crippen molar-refractivity contribution >= 4 is 28.3 Å². The molecule has 0 aliphatic rings. The van der Waals surface area contributed by atoms with E-state index < -0.39 is 17.3 Å². The zero-order chi connectivity index (χ0) is 8.59. The lowest BCUT2D eigenvalue weighted by Gasteiger charge is -2.03. The fourth-order valence-electron chi connectivity index (χ4n) is 0.709. The minimum Gasteiger partial charge on any atom is -0.394 e. The third-order valence-corrected chi connectivity index (χ3v) is 2.56. The molecule has 1 aromatic rings. The van der Waals surface area contributed by atoms with Crippen molar-refractivity contribution < 1.29 is 8.78 Å². The minimum absolute atomic E-state index is 0.393. The van der Waals surface area contributed by atoms with Crippen molar-refractivity contribution in [3.8, 4) is 0 Å². The molecule has 0 bridgehead atoms. The average Bonchev–Trinajstić information content (AvgIpc) is 1.97. The topological polar surface area (TPSA) is 26.0 Å². The van der Waals surface area contributed by atoms with Crippen molar-refractivity contribution in [3.05, 3.63) is 26.8 Å². The maximum Gasteiger partial charge on any atom is 0.153 e. The summed E-state index contributed by atoms with van der Waals surface area (Å²) in [5.74, 6) is -1.35. The molecule has 0 radical (unpaired) electrons. The van der Waals surface area contributed by atoms with E-state index in [0.717, 1.165) is 0 Å². The number of halogens is 3. The summed E-state index contributed by atoms with van der Waals surface area (Å²) in [6.45, 7) is 1.56. The highest BCUT2D eigenvalue weighted by atomic mass is 127. The molecular formula is C7H6F2IN. The normalized spacial score (nSPS) is 10.2. The molecule has 0 aromatic heterocycles. The van der Waals surface area contributed by atoms with E-state index in [1.54, 1.807) is 6.92 Å². The zero-order valence-electron chi connectivity index (χ0n) is 5.79. The van der Waals surface area contributed by atoms with Crippen LogP contribution >= 0.6 is 22.6 Å².